The number of sulfone groups is 1. The van der Waals surface area contributed by atoms with Crippen LogP contribution in [-0.4, -0.2) is 48.3 Å². The summed E-state index contributed by atoms with van der Waals surface area (Å²) in [5.74, 6) is 0.866. The van der Waals surface area contributed by atoms with E-state index in [9.17, 15) is 13.2 Å². The van der Waals surface area contributed by atoms with E-state index in [1.165, 1.54) is 12.1 Å². The number of benzene rings is 1. The van der Waals surface area contributed by atoms with Crippen LogP contribution in [0, 0.1) is 6.92 Å². The molecule has 2 aromatic rings. The first kappa shape index (κ1) is 18.8. The number of rotatable bonds is 5. The molecular weight excluding hydrogens is 378 g/mol. The number of nitrogens with zero attached hydrogens (tertiary/aromatic N) is 3. The van der Waals surface area contributed by atoms with Crippen LogP contribution in [0.4, 0.5) is 0 Å². The third kappa shape index (κ3) is 4.24. The van der Waals surface area contributed by atoms with Crippen LogP contribution in [0.5, 0.6) is 0 Å². The molecule has 0 saturated carbocycles. The predicted octanol–water partition coefficient (Wildman–Crippen LogP) is 2.60. The minimum Gasteiger partial charge on any atom is -0.425 e. The number of piperidine rings is 1. The highest BCUT2D eigenvalue weighted by molar-refractivity contribution is 7.91. The van der Waals surface area contributed by atoms with Gasteiger partial charge in [-0.25, -0.2) is 8.42 Å². The molecule has 1 aromatic carbocycles. The number of carbonyl (C=O) groups excluding carboxylic acids is 1. The van der Waals surface area contributed by atoms with Gasteiger partial charge in [0.05, 0.1) is 15.7 Å². The number of aryl methyl sites for hydroxylation is 1. The first-order chi connectivity index (χ1) is 12.4. The fourth-order valence-corrected chi connectivity index (χ4v) is 4.84. The molecule has 0 bridgehead atoms. The highest BCUT2D eigenvalue weighted by atomic mass is 35.5. The number of halogens is 1. The van der Waals surface area contributed by atoms with Gasteiger partial charge in [0, 0.05) is 32.4 Å². The van der Waals surface area contributed by atoms with Gasteiger partial charge in [-0.15, -0.1) is 10.2 Å². The van der Waals surface area contributed by atoms with E-state index in [-0.39, 0.29) is 33.9 Å². The summed E-state index contributed by atoms with van der Waals surface area (Å²) < 4.78 is 30.2. The Morgan fingerprint density at radius 2 is 1.96 bits per heavy atom. The summed E-state index contributed by atoms with van der Waals surface area (Å²) in [4.78, 5) is 14.2. The van der Waals surface area contributed by atoms with Crippen LogP contribution in [0.2, 0.25) is 5.02 Å². The van der Waals surface area contributed by atoms with Crippen molar-refractivity contribution in [3.8, 4) is 0 Å². The maximum absolute atomic E-state index is 12.4. The third-order valence-electron chi connectivity index (χ3n) is 4.49. The summed E-state index contributed by atoms with van der Waals surface area (Å²) >= 11 is 5.95. The predicted molar refractivity (Wildman–Crippen MR) is 95.7 cm³/mol. The average Bonchev–Trinajstić information content (AvgIpc) is 3.06. The molecule has 0 unspecified atom stereocenters. The van der Waals surface area contributed by atoms with Gasteiger partial charge in [-0.2, -0.15) is 0 Å². The number of hydrogen-bond acceptors (Lipinski definition) is 6. The lowest BCUT2D eigenvalue weighted by Crippen LogP contribution is -2.38. The molecule has 1 saturated heterocycles. The van der Waals surface area contributed by atoms with Crippen molar-refractivity contribution in [3.63, 3.8) is 0 Å². The molecule has 0 aliphatic carbocycles. The number of likely N-dealkylation sites (tertiary alicyclic amines) is 1. The van der Waals surface area contributed by atoms with Gasteiger partial charge in [-0.3, -0.25) is 4.79 Å². The molecule has 7 nitrogen and oxygen atoms in total. The Labute approximate surface area is 157 Å². The Bertz CT molecular complexity index is 889. The fourth-order valence-electron chi connectivity index (χ4n) is 3.04. The molecule has 1 aliphatic rings. The zero-order valence-electron chi connectivity index (χ0n) is 14.4. The highest BCUT2D eigenvalue weighted by Gasteiger charge is 2.28. The average molecular weight is 398 g/mol. The Morgan fingerprint density at radius 3 is 2.58 bits per heavy atom. The number of aromatic nitrogens is 2. The first-order valence-corrected chi connectivity index (χ1v) is 10.4. The molecule has 1 aromatic heterocycles. The van der Waals surface area contributed by atoms with Crippen molar-refractivity contribution < 1.29 is 17.6 Å². The monoisotopic (exact) mass is 397 g/mol. The van der Waals surface area contributed by atoms with Crippen molar-refractivity contribution in [2.75, 3.05) is 18.8 Å². The summed E-state index contributed by atoms with van der Waals surface area (Å²) in [7, 11) is -3.59. The zero-order valence-corrected chi connectivity index (χ0v) is 16.0. The molecule has 0 N–H and O–H groups in total. The molecule has 1 aliphatic heterocycles. The second-order valence-electron chi connectivity index (χ2n) is 6.31. The molecule has 0 spiro atoms. The largest absolute Gasteiger partial charge is 0.425 e. The molecule has 26 heavy (non-hydrogen) atoms. The van der Waals surface area contributed by atoms with Gasteiger partial charge in [-0.1, -0.05) is 23.7 Å². The summed E-state index contributed by atoms with van der Waals surface area (Å²) in [6.45, 7) is 2.85. The second kappa shape index (κ2) is 7.75. The lowest BCUT2D eigenvalue weighted by atomic mass is 9.96. The van der Waals surface area contributed by atoms with Crippen molar-refractivity contribution in [2.24, 2.45) is 0 Å². The fraction of sp³-hybridized carbons (Fsp3) is 0.471. The summed E-state index contributed by atoms with van der Waals surface area (Å²) in [5, 5.41) is 8.05. The molecule has 0 radical (unpaired) electrons. The van der Waals surface area contributed by atoms with Crippen LogP contribution in [0.25, 0.3) is 0 Å². The number of amides is 1. The molecule has 1 amide bonds. The van der Waals surface area contributed by atoms with Crippen LogP contribution >= 0.6 is 11.6 Å². The number of carbonyl (C=O) groups is 1. The summed E-state index contributed by atoms with van der Waals surface area (Å²) in [5.41, 5.74) is 0. The van der Waals surface area contributed by atoms with Crippen molar-refractivity contribution in [3.05, 3.63) is 41.1 Å². The zero-order chi connectivity index (χ0) is 18.7. The van der Waals surface area contributed by atoms with Gasteiger partial charge in [0.15, 0.2) is 9.84 Å². The van der Waals surface area contributed by atoms with Gasteiger partial charge >= 0.3 is 0 Å². The van der Waals surface area contributed by atoms with Crippen molar-refractivity contribution in [1.82, 2.24) is 15.1 Å². The van der Waals surface area contributed by atoms with Gasteiger partial charge in [0.2, 0.25) is 17.7 Å². The van der Waals surface area contributed by atoms with Crippen molar-refractivity contribution in [2.45, 2.75) is 37.0 Å². The summed E-state index contributed by atoms with van der Waals surface area (Å²) in [6, 6.07) is 6.27. The van der Waals surface area contributed by atoms with Crippen molar-refractivity contribution in [1.29, 1.82) is 0 Å². The van der Waals surface area contributed by atoms with Crippen LogP contribution in [0.3, 0.4) is 0 Å². The maximum Gasteiger partial charge on any atom is 0.223 e. The van der Waals surface area contributed by atoms with Crippen LogP contribution in [0.1, 0.15) is 37.0 Å². The molecule has 0 atom stereocenters. The smallest absolute Gasteiger partial charge is 0.223 e. The second-order valence-corrected chi connectivity index (χ2v) is 8.80. The van der Waals surface area contributed by atoms with Gasteiger partial charge in [-0.05, 0) is 25.0 Å². The Morgan fingerprint density at radius 1 is 1.27 bits per heavy atom. The summed E-state index contributed by atoms with van der Waals surface area (Å²) in [6.07, 6.45) is 1.40. The van der Waals surface area contributed by atoms with Gasteiger partial charge < -0.3 is 9.32 Å². The minimum atomic E-state index is -3.59. The molecule has 9 heteroatoms. The third-order valence-corrected chi connectivity index (χ3v) is 6.70. The van der Waals surface area contributed by atoms with E-state index in [0.29, 0.717) is 24.9 Å². The van der Waals surface area contributed by atoms with Crippen molar-refractivity contribution >= 4 is 27.3 Å². The number of hydrogen-bond donors (Lipinski definition) is 0. The Hall–Kier alpha value is -1.93. The first-order valence-electron chi connectivity index (χ1n) is 8.42. The Kier molecular flexibility index (Phi) is 5.62. The Balaban J connectivity index is 1.54. The molecular formula is C17H20ClN3O4S. The standard InChI is InChI=1S/C17H20ClN3O4S/c1-12-19-20-17(25-12)13-6-9-21(10-7-13)16(22)8-11-26(23,24)15-5-3-2-4-14(15)18/h2-5,13H,6-11H2,1H3. The van der Waals surface area contributed by atoms with Crippen LogP contribution < -0.4 is 0 Å². The van der Waals surface area contributed by atoms with E-state index < -0.39 is 9.84 Å². The molecule has 1 fully saturated rings. The van der Waals surface area contributed by atoms with E-state index >= 15 is 0 Å². The van der Waals surface area contributed by atoms with Crippen LogP contribution in [0.15, 0.2) is 33.6 Å². The van der Waals surface area contributed by atoms with Crippen LogP contribution in [-0.2, 0) is 14.6 Å². The molecule has 3 rings (SSSR count). The quantitative estimate of drug-likeness (QED) is 0.769. The lowest BCUT2D eigenvalue weighted by Gasteiger charge is -2.30. The van der Waals surface area contributed by atoms with Gasteiger partial charge in [0.1, 0.15) is 0 Å². The normalized spacial score (nSPS) is 16.0. The van der Waals surface area contributed by atoms with E-state index in [0.717, 1.165) is 12.8 Å². The van der Waals surface area contributed by atoms with E-state index in [2.05, 4.69) is 10.2 Å². The highest BCUT2D eigenvalue weighted by Crippen LogP contribution is 2.27. The molecule has 140 valence electrons. The lowest BCUT2D eigenvalue weighted by molar-refractivity contribution is -0.131. The SMILES string of the molecule is Cc1nnc(C2CCN(C(=O)CCS(=O)(=O)c3ccccc3Cl)CC2)o1. The van der Waals surface area contributed by atoms with E-state index in [1.54, 1.807) is 24.0 Å². The van der Waals surface area contributed by atoms with E-state index in [4.69, 9.17) is 16.0 Å². The van der Waals surface area contributed by atoms with Gasteiger partial charge in [0.25, 0.3) is 0 Å². The molecule has 2 heterocycles. The minimum absolute atomic E-state index is 0.0576. The maximum atomic E-state index is 12.4. The van der Waals surface area contributed by atoms with E-state index in [1.807, 2.05) is 0 Å². The topological polar surface area (TPSA) is 93.4 Å².